The molecule has 1 aliphatic heterocycles. The van der Waals surface area contributed by atoms with Gasteiger partial charge in [0.2, 0.25) is 0 Å². The fraction of sp³-hybridized carbons (Fsp3) is 0.667. The zero-order chi connectivity index (χ0) is 13.1. The average Bonchev–Trinajstić information content (AvgIpc) is 2.91. The van der Waals surface area contributed by atoms with Gasteiger partial charge in [-0.25, -0.2) is 4.98 Å². The largest absolute Gasteiger partial charge is 0.480 e. The molecule has 0 bridgehead atoms. The molecule has 1 N–H and O–H groups in total. The normalized spacial score (nSPS) is 21.7. The summed E-state index contributed by atoms with van der Waals surface area (Å²) in [5.41, 5.74) is 2.97. The molecule has 2 heterocycles. The van der Waals surface area contributed by atoms with Crippen LogP contribution in [-0.2, 0) is 4.79 Å². The first-order valence-corrected chi connectivity index (χ1v) is 7.13. The van der Waals surface area contributed by atoms with E-state index in [0.717, 1.165) is 31.9 Å². The smallest absolute Gasteiger partial charge is 0.320 e. The number of piperazine rings is 1. The second kappa shape index (κ2) is 5.77. The van der Waals surface area contributed by atoms with Crippen LogP contribution < -0.4 is 0 Å². The number of carbonyl (C=O) groups is 1. The quantitative estimate of drug-likeness (QED) is 0.892. The van der Waals surface area contributed by atoms with Crippen LogP contribution >= 0.6 is 11.3 Å². The summed E-state index contributed by atoms with van der Waals surface area (Å²) in [4.78, 5) is 19.7. The Kier molecular flexibility index (Phi) is 4.31. The van der Waals surface area contributed by atoms with E-state index < -0.39 is 5.97 Å². The summed E-state index contributed by atoms with van der Waals surface area (Å²) in [6.07, 6.45) is 0. The Morgan fingerprint density at radius 2 is 1.94 bits per heavy atom. The first-order chi connectivity index (χ1) is 8.59. The molecule has 2 atom stereocenters. The van der Waals surface area contributed by atoms with Crippen molar-refractivity contribution >= 4 is 17.3 Å². The molecule has 1 aliphatic rings. The maximum atomic E-state index is 10.9. The van der Waals surface area contributed by atoms with Crippen molar-refractivity contribution in [3.63, 3.8) is 0 Å². The summed E-state index contributed by atoms with van der Waals surface area (Å²) >= 11 is 1.62. The van der Waals surface area contributed by atoms with Gasteiger partial charge < -0.3 is 5.11 Å². The third kappa shape index (κ3) is 2.88. The molecule has 0 radical (unpaired) electrons. The van der Waals surface area contributed by atoms with Gasteiger partial charge in [-0.2, -0.15) is 0 Å². The molecule has 6 heteroatoms. The van der Waals surface area contributed by atoms with E-state index in [1.807, 2.05) is 10.4 Å². The van der Waals surface area contributed by atoms with Crippen molar-refractivity contribution in [1.29, 1.82) is 0 Å². The predicted octanol–water partition coefficient (Wildman–Crippen LogP) is 1.29. The van der Waals surface area contributed by atoms with Crippen LogP contribution in [0.4, 0.5) is 0 Å². The molecule has 18 heavy (non-hydrogen) atoms. The topological polar surface area (TPSA) is 56.7 Å². The lowest BCUT2D eigenvalue weighted by Crippen LogP contribution is -2.52. The summed E-state index contributed by atoms with van der Waals surface area (Å²) in [5.74, 6) is -0.740. The summed E-state index contributed by atoms with van der Waals surface area (Å²) in [6, 6.07) is -0.0692. The molecule has 1 aromatic heterocycles. The highest BCUT2D eigenvalue weighted by atomic mass is 32.1. The summed E-state index contributed by atoms with van der Waals surface area (Å²) < 4.78 is 0. The molecule has 1 aromatic rings. The molecule has 0 spiro atoms. The van der Waals surface area contributed by atoms with E-state index in [2.05, 4.69) is 22.2 Å². The number of carboxylic acids is 1. The van der Waals surface area contributed by atoms with Gasteiger partial charge in [0.15, 0.2) is 0 Å². The zero-order valence-corrected chi connectivity index (χ0v) is 11.6. The van der Waals surface area contributed by atoms with Gasteiger partial charge in [-0.1, -0.05) is 0 Å². The minimum absolute atomic E-state index is 0.318. The first kappa shape index (κ1) is 13.5. The van der Waals surface area contributed by atoms with Gasteiger partial charge in [-0.15, -0.1) is 11.3 Å². The molecular weight excluding hydrogens is 250 g/mol. The highest BCUT2D eigenvalue weighted by Crippen LogP contribution is 2.21. The maximum Gasteiger partial charge on any atom is 0.320 e. The van der Waals surface area contributed by atoms with E-state index in [-0.39, 0.29) is 6.04 Å². The van der Waals surface area contributed by atoms with Crippen molar-refractivity contribution in [2.45, 2.75) is 25.9 Å². The summed E-state index contributed by atoms with van der Waals surface area (Å²) in [6.45, 7) is 7.32. The molecule has 5 nitrogen and oxygen atoms in total. The summed E-state index contributed by atoms with van der Waals surface area (Å²) in [5, 5.41) is 11.1. The van der Waals surface area contributed by atoms with Gasteiger partial charge >= 0.3 is 5.97 Å². The van der Waals surface area contributed by atoms with Crippen LogP contribution in [0.3, 0.4) is 0 Å². The molecule has 2 rings (SSSR count). The van der Waals surface area contributed by atoms with E-state index >= 15 is 0 Å². The van der Waals surface area contributed by atoms with Gasteiger partial charge in [-0.05, 0) is 13.8 Å². The van der Waals surface area contributed by atoms with Crippen molar-refractivity contribution < 1.29 is 9.90 Å². The van der Waals surface area contributed by atoms with Crippen LogP contribution in [0.15, 0.2) is 10.9 Å². The van der Waals surface area contributed by atoms with Gasteiger partial charge in [-0.3, -0.25) is 14.6 Å². The second-order valence-electron chi connectivity index (χ2n) is 4.68. The predicted molar refractivity (Wildman–Crippen MR) is 70.8 cm³/mol. The zero-order valence-electron chi connectivity index (χ0n) is 10.7. The van der Waals surface area contributed by atoms with Crippen molar-refractivity contribution in [1.82, 2.24) is 14.8 Å². The van der Waals surface area contributed by atoms with Gasteiger partial charge in [0.25, 0.3) is 0 Å². The lowest BCUT2D eigenvalue weighted by Gasteiger charge is -2.39. The Hall–Kier alpha value is -0.980. The minimum atomic E-state index is -0.740. The molecule has 1 saturated heterocycles. The van der Waals surface area contributed by atoms with Crippen LogP contribution in [0.25, 0.3) is 0 Å². The number of rotatable bonds is 4. The van der Waals surface area contributed by atoms with Crippen molar-refractivity contribution in [2.24, 2.45) is 0 Å². The summed E-state index contributed by atoms with van der Waals surface area (Å²) in [7, 11) is 0. The molecule has 0 amide bonds. The first-order valence-electron chi connectivity index (χ1n) is 6.18. The number of hydrogen-bond acceptors (Lipinski definition) is 5. The van der Waals surface area contributed by atoms with Crippen molar-refractivity contribution in [3.8, 4) is 0 Å². The SMILES string of the molecule is CC(C(=O)O)N1CCN(C(C)c2cscn2)CC1. The van der Waals surface area contributed by atoms with Crippen LogP contribution in [0, 0.1) is 0 Å². The number of thiazole rings is 1. The standard InChI is InChI=1S/C12H19N3O2S/c1-9(11-7-18-8-13-11)14-3-5-15(6-4-14)10(2)12(16)17/h7-10H,3-6H2,1-2H3,(H,16,17). The van der Waals surface area contributed by atoms with Gasteiger partial charge in [0.05, 0.1) is 17.2 Å². The highest BCUT2D eigenvalue weighted by Gasteiger charge is 2.27. The highest BCUT2D eigenvalue weighted by molar-refractivity contribution is 7.07. The van der Waals surface area contributed by atoms with Crippen LogP contribution in [0.2, 0.25) is 0 Å². The lowest BCUT2D eigenvalue weighted by molar-refractivity contribution is -0.143. The van der Waals surface area contributed by atoms with Crippen molar-refractivity contribution in [2.75, 3.05) is 26.2 Å². The number of carboxylic acid groups (broad SMARTS) is 1. The third-order valence-electron chi connectivity index (χ3n) is 3.68. The molecule has 0 saturated carbocycles. The Bertz CT molecular complexity index is 388. The second-order valence-corrected chi connectivity index (χ2v) is 5.39. The van der Waals surface area contributed by atoms with Crippen LogP contribution in [0.1, 0.15) is 25.6 Å². The molecular formula is C12H19N3O2S. The maximum absolute atomic E-state index is 10.9. The number of aliphatic carboxylic acids is 1. The molecule has 2 unspecified atom stereocenters. The minimum Gasteiger partial charge on any atom is -0.480 e. The van der Waals surface area contributed by atoms with E-state index in [1.54, 1.807) is 18.3 Å². The van der Waals surface area contributed by atoms with E-state index in [0.29, 0.717) is 6.04 Å². The Morgan fingerprint density at radius 1 is 1.33 bits per heavy atom. The van der Waals surface area contributed by atoms with Gasteiger partial charge in [0, 0.05) is 31.6 Å². The third-order valence-corrected chi connectivity index (χ3v) is 4.29. The Morgan fingerprint density at radius 3 is 2.44 bits per heavy atom. The van der Waals surface area contributed by atoms with Crippen molar-refractivity contribution in [3.05, 3.63) is 16.6 Å². The lowest BCUT2D eigenvalue weighted by atomic mass is 10.1. The fourth-order valence-corrected chi connectivity index (χ4v) is 2.92. The molecule has 1 fully saturated rings. The fourth-order valence-electron chi connectivity index (χ4n) is 2.28. The van der Waals surface area contributed by atoms with E-state index in [9.17, 15) is 4.79 Å². The van der Waals surface area contributed by atoms with Crippen LogP contribution in [0.5, 0.6) is 0 Å². The number of hydrogen-bond donors (Lipinski definition) is 1. The molecule has 0 aromatic carbocycles. The number of nitrogens with zero attached hydrogens (tertiary/aromatic N) is 3. The van der Waals surface area contributed by atoms with E-state index in [4.69, 9.17) is 5.11 Å². The number of aromatic nitrogens is 1. The molecule has 0 aliphatic carbocycles. The van der Waals surface area contributed by atoms with Crippen LogP contribution in [-0.4, -0.2) is 58.1 Å². The molecule has 100 valence electrons. The monoisotopic (exact) mass is 269 g/mol. The average molecular weight is 269 g/mol. The Balaban J connectivity index is 1.89. The van der Waals surface area contributed by atoms with E-state index in [1.165, 1.54) is 0 Å². The van der Waals surface area contributed by atoms with Gasteiger partial charge in [0.1, 0.15) is 6.04 Å². The Labute approximate surface area is 111 Å².